The fourth-order valence-electron chi connectivity index (χ4n) is 3.15. The van der Waals surface area contributed by atoms with Crippen molar-refractivity contribution < 1.29 is 0 Å². The van der Waals surface area contributed by atoms with Gasteiger partial charge in [-0.3, -0.25) is 14.6 Å². The maximum atomic E-state index is 11.0. The Morgan fingerprint density at radius 1 is 1.33 bits per heavy atom. The van der Waals surface area contributed by atoms with E-state index in [0.29, 0.717) is 18.1 Å². The summed E-state index contributed by atoms with van der Waals surface area (Å²) < 4.78 is 0. The summed E-state index contributed by atoms with van der Waals surface area (Å²) in [5.41, 5.74) is 1.19. The Balaban J connectivity index is 1.63. The van der Waals surface area contributed by atoms with E-state index in [9.17, 15) is 4.79 Å². The third-order valence-corrected chi connectivity index (χ3v) is 4.32. The minimum Gasteiger partial charge on any atom is -0.329 e. The molecule has 4 heteroatoms. The number of piperidine rings is 1. The van der Waals surface area contributed by atoms with Crippen molar-refractivity contribution >= 4 is 0 Å². The zero-order chi connectivity index (χ0) is 12.7. The molecule has 1 N–H and O–H groups in total. The molecule has 0 aliphatic carbocycles. The molecule has 3 aliphatic rings. The van der Waals surface area contributed by atoms with E-state index in [1.165, 1.54) is 25.1 Å². The molecular weight excluding hydrogens is 226 g/mol. The van der Waals surface area contributed by atoms with Crippen LogP contribution in [-0.4, -0.2) is 46.0 Å². The third-order valence-electron chi connectivity index (χ3n) is 4.32. The van der Waals surface area contributed by atoms with Gasteiger partial charge in [-0.15, -0.1) is 0 Å². The van der Waals surface area contributed by atoms with Crippen LogP contribution in [0.5, 0.6) is 0 Å². The summed E-state index contributed by atoms with van der Waals surface area (Å²) in [6.07, 6.45) is 3.18. The van der Waals surface area contributed by atoms with Crippen molar-refractivity contribution in [2.75, 3.05) is 13.1 Å². The smallest absolute Gasteiger partial charge is 0.247 e. The quantitative estimate of drug-likeness (QED) is 0.867. The van der Waals surface area contributed by atoms with E-state index in [4.69, 9.17) is 0 Å². The Labute approximate surface area is 108 Å². The monoisotopic (exact) mass is 247 g/mol. The molecule has 3 aliphatic heterocycles. The van der Waals surface area contributed by atoms with E-state index in [2.05, 4.69) is 28.6 Å². The van der Waals surface area contributed by atoms with Gasteiger partial charge in [-0.05, 0) is 25.8 Å². The maximum absolute atomic E-state index is 11.0. The van der Waals surface area contributed by atoms with Crippen LogP contribution in [0.1, 0.15) is 25.8 Å². The number of aromatic nitrogens is 1. The molecule has 2 bridgehead atoms. The van der Waals surface area contributed by atoms with Crippen molar-refractivity contribution in [2.24, 2.45) is 0 Å². The molecule has 0 saturated carbocycles. The van der Waals surface area contributed by atoms with Crippen LogP contribution in [-0.2, 0) is 6.54 Å². The van der Waals surface area contributed by atoms with Crippen molar-refractivity contribution in [1.82, 2.24) is 14.8 Å². The second kappa shape index (κ2) is 4.52. The lowest BCUT2D eigenvalue weighted by Crippen LogP contribution is -2.68. The molecule has 0 spiro atoms. The summed E-state index contributed by atoms with van der Waals surface area (Å²) in [5.74, 6) is 0. The molecular formula is C14H21N3O. The van der Waals surface area contributed by atoms with Crippen LogP contribution < -0.4 is 5.56 Å². The van der Waals surface area contributed by atoms with E-state index in [1.54, 1.807) is 6.07 Å². The van der Waals surface area contributed by atoms with Gasteiger partial charge < -0.3 is 4.98 Å². The summed E-state index contributed by atoms with van der Waals surface area (Å²) in [6, 6.07) is 5.62. The molecule has 18 heavy (non-hydrogen) atoms. The lowest BCUT2D eigenvalue weighted by Gasteiger charge is -2.57. The second-order valence-corrected chi connectivity index (χ2v) is 5.82. The van der Waals surface area contributed by atoms with E-state index in [1.807, 2.05) is 12.3 Å². The Hall–Kier alpha value is -1.13. The van der Waals surface area contributed by atoms with E-state index < -0.39 is 0 Å². The number of nitrogens with one attached hydrogen (secondary N) is 1. The van der Waals surface area contributed by atoms with Crippen molar-refractivity contribution in [1.29, 1.82) is 0 Å². The minimum atomic E-state index is -0.0199. The Kier molecular flexibility index (Phi) is 2.99. The average Bonchev–Trinajstić information content (AvgIpc) is 2.38. The SMILES string of the molecule is CC(C)N1CC2CC(C1)N2Cc1ccc(=O)[nH]c1. The van der Waals surface area contributed by atoms with Crippen LogP contribution in [0.15, 0.2) is 23.1 Å². The van der Waals surface area contributed by atoms with Gasteiger partial charge in [0.05, 0.1) is 0 Å². The lowest BCUT2D eigenvalue weighted by atomic mass is 9.86. The molecule has 1 aromatic rings. The number of H-pyrrole nitrogens is 1. The molecule has 2 atom stereocenters. The van der Waals surface area contributed by atoms with E-state index in [-0.39, 0.29) is 5.56 Å². The number of piperazine rings is 1. The normalized spacial score (nSPS) is 28.4. The van der Waals surface area contributed by atoms with Crippen LogP contribution >= 0.6 is 0 Å². The molecule has 4 heterocycles. The van der Waals surface area contributed by atoms with Gasteiger partial charge in [-0.1, -0.05) is 6.07 Å². The largest absolute Gasteiger partial charge is 0.329 e. The summed E-state index contributed by atoms with van der Waals surface area (Å²) in [5, 5.41) is 0. The zero-order valence-electron chi connectivity index (χ0n) is 11.1. The molecule has 4 rings (SSSR count). The number of aromatic amines is 1. The van der Waals surface area contributed by atoms with Crippen LogP contribution in [0.2, 0.25) is 0 Å². The summed E-state index contributed by atoms with van der Waals surface area (Å²) in [7, 11) is 0. The first-order chi connectivity index (χ1) is 8.63. The van der Waals surface area contributed by atoms with Gasteiger partial charge in [0.2, 0.25) is 5.56 Å². The highest BCUT2D eigenvalue weighted by Crippen LogP contribution is 2.34. The van der Waals surface area contributed by atoms with Crippen LogP contribution in [0, 0.1) is 0 Å². The first-order valence-electron chi connectivity index (χ1n) is 6.81. The zero-order valence-corrected chi connectivity index (χ0v) is 11.1. The number of rotatable bonds is 3. The molecule has 4 nitrogen and oxygen atoms in total. The first-order valence-corrected chi connectivity index (χ1v) is 6.81. The number of hydrogen-bond donors (Lipinski definition) is 1. The van der Waals surface area contributed by atoms with Crippen LogP contribution in [0.3, 0.4) is 0 Å². The highest BCUT2D eigenvalue weighted by Gasteiger charge is 2.44. The van der Waals surface area contributed by atoms with Crippen molar-refractivity contribution in [2.45, 2.75) is 44.9 Å². The van der Waals surface area contributed by atoms with Crippen molar-refractivity contribution in [3.63, 3.8) is 0 Å². The van der Waals surface area contributed by atoms with Crippen molar-refractivity contribution in [3.8, 4) is 0 Å². The highest BCUT2D eigenvalue weighted by molar-refractivity contribution is 5.12. The molecule has 0 amide bonds. The lowest BCUT2D eigenvalue weighted by molar-refractivity contribution is -0.0835. The molecule has 3 saturated heterocycles. The predicted octanol–water partition coefficient (Wildman–Crippen LogP) is 1.04. The van der Waals surface area contributed by atoms with Crippen LogP contribution in [0.25, 0.3) is 0 Å². The maximum Gasteiger partial charge on any atom is 0.247 e. The number of hydrogen-bond acceptors (Lipinski definition) is 3. The molecule has 1 aromatic heterocycles. The highest BCUT2D eigenvalue weighted by atomic mass is 16.1. The van der Waals surface area contributed by atoms with Gasteiger partial charge in [0.1, 0.15) is 0 Å². The topological polar surface area (TPSA) is 39.3 Å². The van der Waals surface area contributed by atoms with Gasteiger partial charge in [0.25, 0.3) is 0 Å². The minimum absolute atomic E-state index is 0.0199. The average molecular weight is 247 g/mol. The third kappa shape index (κ3) is 2.10. The fourth-order valence-corrected chi connectivity index (χ4v) is 3.15. The van der Waals surface area contributed by atoms with E-state index >= 15 is 0 Å². The molecule has 0 radical (unpaired) electrons. The van der Waals surface area contributed by atoms with Crippen LogP contribution in [0.4, 0.5) is 0 Å². The van der Waals surface area contributed by atoms with Gasteiger partial charge in [0, 0.05) is 50.0 Å². The molecule has 2 unspecified atom stereocenters. The number of pyridine rings is 1. The van der Waals surface area contributed by atoms with E-state index in [0.717, 1.165) is 6.54 Å². The van der Waals surface area contributed by atoms with Gasteiger partial charge in [-0.2, -0.15) is 0 Å². The van der Waals surface area contributed by atoms with Crippen molar-refractivity contribution in [3.05, 3.63) is 34.2 Å². The van der Waals surface area contributed by atoms with Gasteiger partial charge >= 0.3 is 0 Å². The number of nitrogens with zero attached hydrogens (tertiary/aromatic N) is 2. The summed E-state index contributed by atoms with van der Waals surface area (Å²) in [4.78, 5) is 18.9. The summed E-state index contributed by atoms with van der Waals surface area (Å²) in [6.45, 7) is 7.90. The fraction of sp³-hybridized carbons (Fsp3) is 0.643. The number of fused-ring (bicyclic) bond motifs is 2. The molecule has 98 valence electrons. The Bertz CT molecular complexity index is 450. The predicted molar refractivity (Wildman–Crippen MR) is 71.5 cm³/mol. The van der Waals surface area contributed by atoms with Gasteiger partial charge in [0.15, 0.2) is 0 Å². The van der Waals surface area contributed by atoms with Gasteiger partial charge in [-0.25, -0.2) is 0 Å². The molecule has 0 aromatic carbocycles. The standard InChI is InChI=1S/C14H21N3O/c1-10(2)16-8-12-5-13(9-16)17(12)7-11-3-4-14(18)15-6-11/h3-4,6,10,12-13H,5,7-9H2,1-2H3,(H,15,18). The Morgan fingerprint density at radius 2 is 2.06 bits per heavy atom. The Morgan fingerprint density at radius 3 is 2.61 bits per heavy atom. The second-order valence-electron chi connectivity index (χ2n) is 5.82. The summed E-state index contributed by atoms with van der Waals surface area (Å²) >= 11 is 0. The first kappa shape index (κ1) is 11.9. The molecule has 3 fully saturated rings.